The Labute approximate surface area is 152 Å². The summed E-state index contributed by atoms with van der Waals surface area (Å²) in [5.74, 6) is -0.250. The largest absolute Gasteiger partial charge is 0.383 e. The lowest BCUT2D eigenvalue weighted by molar-refractivity contribution is -0.119. The van der Waals surface area contributed by atoms with E-state index in [0.29, 0.717) is 18.7 Å². The number of likely N-dealkylation sites (N-methyl/N-ethyl adjacent to an activating group) is 1. The number of carbonyl (C=O) groups is 1. The molecule has 0 saturated carbocycles. The first kappa shape index (κ1) is 19.3. The molecule has 0 saturated heterocycles. The molecule has 8 heteroatoms. The van der Waals surface area contributed by atoms with Crippen LogP contribution in [0.5, 0.6) is 0 Å². The quantitative estimate of drug-likeness (QED) is 0.821. The number of nitrogen functional groups attached to an aromatic ring is 1. The van der Waals surface area contributed by atoms with Gasteiger partial charge in [-0.2, -0.15) is 0 Å². The van der Waals surface area contributed by atoms with Crippen LogP contribution < -0.4 is 26.8 Å². The van der Waals surface area contributed by atoms with Gasteiger partial charge in [0.25, 0.3) is 5.56 Å². The van der Waals surface area contributed by atoms with Crippen LogP contribution in [0.15, 0.2) is 39.9 Å². The standard InChI is InChI=1S/C18H25N5O3/c1-5-11-22-16(19)15(20(2)3)17(25)23(18(22)26)12-14(24)21(4)13-9-7-6-8-10-13/h6-10H,5,11-12,19H2,1-4H3. The normalized spacial score (nSPS) is 10.6. The van der Waals surface area contributed by atoms with Crippen LogP contribution in [0.25, 0.3) is 0 Å². The Morgan fingerprint density at radius 2 is 1.69 bits per heavy atom. The number of rotatable bonds is 6. The van der Waals surface area contributed by atoms with Crippen molar-refractivity contribution in [2.45, 2.75) is 26.4 Å². The van der Waals surface area contributed by atoms with Crippen molar-refractivity contribution in [3.63, 3.8) is 0 Å². The molecule has 1 aromatic heterocycles. The number of amides is 1. The summed E-state index contributed by atoms with van der Waals surface area (Å²) < 4.78 is 2.29. The summed E-state index contributed by atoms with van der Waals surface area (Å²) in [6.07, 6.45) is 0.674. The highest BCUT2D eigenvalue weighted by Crippen LogP contribution is 2.15. The van der Waals surface area contributed by atoms with Gasteiger partial charge in [-0.15, -0.1) is 0 Å². The zero-order chi connectivity index (χ0) is 19.4. The second kappa shape index (κ2) is 7.90. The molecule has 1 amide bonds. The van der Waals surface area contributed by atoms with Gasteiger partial charge in [-0.1, -0.05) is 25.1 Å². The van der Waals surface area contributed by atoms with Gasteiger partial charge in [-0.25, -0.2) is 9.36 Å². The number of benzene rings is 1. The maximum absolute atomic E-state index is 12.8. The average molecular weight is 359 g/mol. The first-order chi connectivity index (χ1) is 12.3. The van der Waals surface area contributed by atoms with Gasteiger partial charge in [0.15, 0.2) is 0 Å². The minimum absolute atomic E-state index is 0.118. The molecule has 0 spiro atoms. The molecule has 140 valence electrons. The van der Waals surface area contributed by atoms with Crippen LogP contribution in [0.4, 0.5) is 17.2 Å². The van der Waals surface area contributed by atoms with Crippen molar-refractivity contribution in [3.05, 3.63) is 51.2 Å². The summed E-state index contributed by atoms with van der Waals surface area (Å²) in [5, 5.41) is 0. The van der Waals surface area contributed by atoms with Gasteiger partial charge in [-0.05, 0) is 18.6 Å². The van der Waals surface area contributed by atoms with E-state index < -0.39 is 11.2 Å². The van der Waals surface area contributed by atoms with Gasteiger partial charge in [0.05, 0.1) is 0 Å². The molecule has 0 unspecified atom stereocenters. The van der Waals surface area contributed by atoms with Gasteiger partial charge in [-0.3, -0.25) is 14.2 Å². The fourth-order valence-electron chi connectivity index (χ4n) is 2.74. The van der Waals surface area contributed by atoms with Crippen molar-refractivity contribution in [1.29, 1.82) is 0 Å². The second-order valence-electron chi connectivity index (χ2n) is 6.24. The number of para-hydroxylation sites is 1. The van der Waals surface area contributed by atoms with E-state index in [1.54, 1.807) is 38.2 Å². The highest BCUT2D eigenvalue weighted by atomic mass is 16.2. The molecule has 8 nitrogen and oxygen atoms in total. The van der Waals surface area contributed by atoms with Crippen LogP contribution in [0, 0.1) is 0 Å². The number of nitrogens with zero attached hydrogens (tertiary/aromatic N) is 4. The zero-order valence-corrected chi connectivity index (χ0v) is 15.6. The molecule has 0 radical (unpaired) electrons. The Hall–Kier alpha value is -3.03. The number of nitrogens with two attached hydrogens (primary N) is 1. The molecule has 0 aliphatic carbocycles. The molecular formula is C18H25N5O3. The van der Waals surface area contributed by atoms with Crippen LogP contribution in [-0.2, 0) is 17.9 Å². The highest BCUT2D eigenvalue weighted by Gasteiger charge is 2.21. The van der Waals surface area contributed by atoms with E-state index in [0.717, 1.165) is 4.57 Å². The Kier molecular flexibility index (Phi) is 5.86. The fourth-order valence-corrected chi connectivity index (χ4v) is 2.74. The molecule has 0 bridgehead atoms. The van der Waals surface area contributed by atoms with Crippen molar-refractivity contribution < 1.29 is 4.79 Å². The molecular weight excluding hydrogens is 334 g/mol. The maximum atomic E-state index is 12.8. The topological polar surface area (TPSA) is 93.6 Å². The number of aromatic nitrogens is 2. The predicted molar refractivity (Wildman–Crippen MR) is 104 cm³/mol. The fraction of sp³-hybridized carbons (Fsp3) is 0.389. The minimum Gasteiger partial charge on any atom is -0.383 e. The summed E-state index contributed by atoms with van der Waals surface area (Å²) in [6.45, 7) is 1.92. The van der Waals surface area contributed by atoms with E-state index in [9.17, 15) is 14.4 Å². The number of carbonyl (C=O) groups excluding carboxylic acids is 1. The molecule has 2 N–H and O–H groups in total. The van der Waals surface area contributed by atoms with Crippen LogP contribution in [-0.4, -0.2) is 36.2 Å². The predicted octanol–water partition coefficient (Wildman–Crippen LogP) is 0.731. The SMILES string of the molecule is CCCn1c(N)c(N(C)C)c(=O)n(CC(=O)N(C)c2ccccc2)c1=O. The van der Waals surface area contributed by atoms with E-state index in [2.05, 4.69) is 0 Å². The number of hydrogen-bond donors (Lipinski definition) is 1. The van der Waals surface area contributed by atoms with Crippen LogP contribution >= 0.6 is 0 Å². The Balaban J connectivity index is 2.50. The Bertz CT molecular complexity index is 900. The second-order valence-corrected chi connectivity index (χ2v) is 6.24. The average Bonchev–Trinajstić information content (AvgIpc) is 2.62. The number of anilines is 3. The van der Waals surface area contributed by atoms with Gasteiger partial charge in [0.2, 0.25) is 5.91 Å². The Morgan fingerprint density at radius 3 is 2.23 bits per heavy atom. The van der Waals surface area contributed by atoms with Gasteiger partial charge in [0, 0.05) is 33.4 Å². The van der Waals surface area contributed by atoms with Crippen molar-refractivity contribution in [2.75, 3.05) is 36.7 Å². The maximum Gasteiger partial charge on any atom is 0.333 e. The third kappa shape index (κ3) is 3.63. The van der Waals surface area contributed by atoms with E-state index >= 15 is 0 Å². The first-order valence-electron chi connectivity index (χ1n) is 8.41. The molecule has 0 aliphatic rings. The summed E-state index contributed by atoms with van der Waals surface area (Å²) in [6, 6.07) is 9.04. The third-order valence-electron chi connectivity index (χ3n) is 4.15. The van der Waals surface area contributed by atoms with Gasteiger partial charge in [0.1, 0.15) is 18.1 Å². The van der Waals surface area contributed by atoms with Crippen molar-refractivity contribution >= 4 is 23.1 Å². The molecule has 1 heterocycles. The summed E-state index contributed by atoms with van der Waals surface area (Å²) in [5.41, 5.74) is 5.78. The van der Waals surface area contributed by atoms with Crippen molar-refractivity contribution in [2.24, 2.45) is 0 Å². The third-order valence-corrected chi connectivity index (χ3v) is 4.15. The van der Waals surface area contributed by atoms with E-state index in [-0.39, 0.29) is 24.0 Å². The summed E-state index contributed by atoms with van der Waals surface area (Å²) in [7, 11) is 4.96. The summed E-state index contributed by atoms with van der Waals surface area (Å²) in [4.78, 5) is 41.1. The molecule has 2 aromatic rings. The highest BCUT2D eigenvalue weighted by molar-refractivity contribution is 5.92. The van der Waals surface area contributed by atoms with E-state index in [1.165, 1.54) is 9.47 Å². The molecule has 1 aromatic carbocycles. The number of hydrogen-bond acceptors (Lipinski definition) is 5. The van der Waals surface area contributed by atoms with Crippen LogP contribution in [0.3, 0.4) is 0 Å². The summed E-state index contributed by atoms with van der Waals surface area (Å²) >= 11 is 0. The Morgan fingerprint density at radius 1 is 1.08 bits per heavy atom. The minimum atomic E-state index is -0.574. The zero-order valence-electron chi connectivity index (χ0n) is 15.6. The lowest BCUT2D eigenvalue weighted by atomic mass is 10.3. The van der Waals surface area contributed by atoms with Crippen molar-refractivity contribution in [1.82, 2.24) is 9.13 Å². The smallest absolute Gasteiger partial charge is 0.333 e. The van der Waals surface area contributed by atoms with Gasteiger partial charge < -0.3 is 15.5 Å². The first-order valence-corrected chi connectivity index (χ1v) is 8.41. The van der Waals surface area contributed by atoms with E-state index in [4.69, 9.17) is 5.73 Å². The van der Waals surface area contributed by atoms with Crippen LogP contribution in [0.1, 0.15) is 13.3 Å². The van der Waals surface area contributed by atoms with E-state index in [1.807, 2.05) is 25.1 Å². The molecule has 0 aliphatic heterocycles. The lowest BCUT2D eigenvalue weighted by Crippen LogP contribution is -2.46. The lowest BCUT2D eigenvalue weighted by Gasteiger charge is -2.22. The van der Waals surface area contributed by atoms with Crippen LogP contribution in [0.2, 0.25) is 0 Å². The molecule has 26 heavy (non-hydrogen) atoms. The molecule has 0 atom stereocenters. The van der Waals surface area contributed by atoms with Gasteiger partial charge >= 0.3 is 5.69 Å². The monoisotopic (exact) mass is 359 g/mol. The molecule has 2 rings (SSSR count). The van der Waals surface area contributed by atoms with Crippen molar-refractivity contribution in [3.8, 4) is 0 Å². The molecule has 0 fully saturated rings.